The predicted molar refractivity (Wildman–Crippen MR) is 88.5 cm³/mol. The molecule has 3 N–H and O–H groups in total. The molecule has 2 aromatic carbocycles. The fourth-order valence-corrected chi connectivity index (χ4v) is 1.99. The van der Waals surface area contributed by atoms with Gasteiger partial charge in [0.05, 0.1) is 15.8 Å². The van der Waals surface area contributed by atoms with Gasteiger partial charge in [-0.3, -0.25) is 5.43 Å². The normalized spacial score (nSPS) is 11.2. The third kappa shape index (κ3) is 3.70. The number of nitrogens with zero attached hydrogens (tertiary/aromatic N) is 1. The molecule has 102 valence electrons. The monoisotopic (exact) mass is 323 g/mol. The number of benzene rings is 2. The zero-order chi connectivity index (χ0) is 14.5. The molecule has 0 unspecified atom stereocenters. The number of rotatable bonds is 3. The van der Waals surface area contributed by atoms with Gasteiger partial charge in [0.15, 0.2) is 5.11 Å². The Bertz CT molecular complexity index is 657. The number of hydrogen-bond donors (Lipinski definition) is 2. The van der Waals surface area contributed by atoms with Gasteiger partial charge in [0, 0.05) is 11.1 Å². The lowest BCUT2D eigenvalue weighted by molar-refractivity contribution is 1.03. The summed E-state index contributed by atoms with van der Waals surface area (Å²) in [6, 6.07) is 14.9. The van der Waals surface area contributed by atoms with Gasteiger partial charge in [-0.25, -0.2) is 0 Å². The fraction of sp³-hybridized carbons (Fsp3) is 0. The maximum atomic E-state index is 6.05. The summed E-state index contributed by atoms with van der Waals surface area (Å²) in [7, 11) is 0. The van der Waals surface area contributed by atoms with E-state index in [0.29, 0.717) is 15.8 Å². The van der Waals surface area contributed by atoms with Crippen molar-refractivity contribution < 1.29 is 0 Å². The van der Waals surface area contributed by atoms with Crippen LogP contribution < -0.4 is 11.2 Å². The van der Waals surface area contributed by atoms with Crippen LogP contribution in [0.25, 0.3) is 0 Å². The third-order valence-corrected chi connectivity index (χ3v) is 3.35. The molecular formula is C14H11Cl2N3S. The second-order valence-corrected chi connectivity index (χ2v) is 5.19. The van der Waals surface area contributed by atoms with Crippen molar-refractivity contribution in [2.24, 2.45) is 10.8 Å². The van der Waals surface area contributed by atoms with Crippen LogP contribution in [-0.2, 0) is 0 Å². The van der Waals surface area contributed by atoms with Crippen molar-refractivity contribution >= 4 is 46.2 Å². The van der Waals surface area contributed by atoms with Crippen molar-refractivity contribution in [1.82, 2.24) is 5.43 Å². The van der Waals surface area contributed by atoms with Gasteiger partial charge in [-0.15, -0.1) is 0 Å². The first kappa shape index (κ1) is 14.8. The van der Waals surface area contributed by atoms with E-state index in [0.717, 1.165) is 11.1 Å². The number of thiocarbonyl (C=S) groups is 1. The first-order valence-electron chi connectivity index (χ1n) is 5.72. The molecule has 0 aliphatic carbocycles. The maximum absolute atomic E-state index is 6.05. The van der Waals surface area contributed by atoms with E-state index < -0.39 is 0 Å². The van der Waals surface area contributed by atoms with E-state index in [-0.39, 0.29) is 5.11 Å². The first-order chi connectivity index (χ1) is 9.58. The van der Waals surface area contributed by atoms with E-state index >= 15 is 0 Å². The largest absolute Gasteiger partial charge is 0.375 e. The molecule has 6 heteroatoms. The number of halogens is 2. The SMILES string of the molecule is NC(=S)N/N=C(\c1ccccc1)c1ccc(Cl)c(Cl)c1. The quantitative estimate of drug-likeness (QED) is 0.515. The van der Waals surface area contributed by atoms with E-state index in [1.807, 2.05) is 36.4 Å². The van der Waals surface area contributed by atoms with Crippen LogP contribution in [0.15, 0.2) is 53.6 Å². The topological polar surface area (TPSA) is 50.4 Å². The van der Waals surface area contributed by atoms with E-state index in [9.17, 15) is 0 Å². The van der Waals surface area contributed by atoms with Crippen LogP contribution in [0.2, 0.25) is 10.0 Å². The van der Waals surface area contributed by atoms with Crippen LogP contribution in [-0.4, -0.2) is 10.8 Å². The zero-order valence-corrected chi connectivity index (χ0v) is 12.6. The number of hydrazone groups is 1. The highest BCUT2D eigenvalue weighted by Crippen LogP contribution is 2.24. The van der Waals surface area contributed by atoms with Gasteiger partial charge >= 0.3 is 0 Å². The third-order valence-electron chi connectivity index (χ3n) is 2.52. The maximum Gasteiger partial charge on any atom is 0.184 e. The first-order valence-corrected chi connectivity index (χ1v) is 6.88. The molecule has 0 bridgehead atoms. The second kappa shape index (κ2) is 6.70. The van der Waals surface area contributed by atoms with Gasteiger partial charge in [-0.2, -0.15) is 5.10 Å². The van der Waals surface area contributed by atoms with Crippen molar-refractivity contribution in [2.75, 3.05) is 0 Å². The molecular weight excluding hydrogens is 313 g/mol. The van der Waals surface area contributed by atoms with E-state index in [4.69, 9.17) is 41.2 Å². The molecule has 0 saturated carbocycles. The molecule has 0 aliphatic rings. The molecule has 2 aromatic rings. The van der Waals surface area contributed by atoms with Gasteiger partial charge in [0.1, 0.15) is 0 Å². The summed E-state index contributed by atoms with van der Waals surface area (Å²) < 4.78 is 0. The molecule has 3 nitrogen and oxygen atoms in total. The molecule has 0 fully saturated rings. The second-order valence-electron chi connectivity index (χ2n) is 3.93. The minimum atomic E-state index is 0.0958. The fourth-order valence-electron chi connectivity index (χ4n) is 1.65. The van der Waals surface area contributed by atoms with Crippen molar-refractivity contribution in [3.63, 3.8) is 0 Å². The summed E-state index contributed by atoms with van der Waals surface area (Å²) >= 11 is 16.8. The molecule has 0 aromatic heterocycles. The van der Waals surface area contributed by atoms with Gasteiger partial charge < -0.3 is 5.73 Å². The van der Waals surface area contributed by atoms with E-state index in [2.05, 4.69) is 10.5 Å². The van der Waals surface area contributed by atoms with Crippen LogP contribution in [0, 0.1) is 0 Å². The molecule has 0 aliphatic heterocycles. The van der Waals surface area contributed by atoms with Crippen molar-refractivity contribution in [2.45, 2.75) is 0 Å². The zero-order valence-electron chi connectivity index (χ0n) is 10.3. The summed E-state index contributed by atoms with van der Waals surface area (Å²) in [4.78, 5) is 0. The molecule has 0 heterocycles. The van der Waals surface area contributed by atoms with Crippen LogP contribution in [0.5, 0.6) is 0 Å². The molecule has 2 rings (SSSR count). The minimum absolute atomic E-state index is 0.0958. The Kier molecular flexibility index (Phi) is 4.95. The average Bonchev–Trinajstić information content (AvgIpc) is 2.44. The summed E-state index contributed by atoms with van der Waals surface area (Å²) in [5.74, 6) is 0. The Morgan fingerprint density at radius 2 is 1.70 bits per heavy atom. The highest BCUT2D eigenvalue weighted by Gasteiger charge is 2.09. The van der Waals surface area contributed by atoms with Crippen LogP contribution >= 0.6 is 35.4 Å². The van der Waals surface area contributed by atoms with Crippen molar-refractivity contribution in [3.05, 3.63) is 69.7 Å². The Labute approximate surface area is 132 Å². The Balaban J connectivity index is 2.48. The van der Waals surface area contributed by atoms with Gasteiger partial charge in [-0.05, 0) is 24.4 Å². The summed E-state index contributed by atoms with van der Waals surface area (Å²) in [6.07, 6.45) is 0. The number of nitrogens with one attached hydrogen (secondary N) is 1. The summed E-state index contributed by atoms with van der Waals surface area (Å²) in [5, 5.41) is 5.28. The Morgan fingerprint density at radius 1 is 1.00 bits per heavy atom. The predicted octanol–water partition coefficient (Wildman–Crippen LogP) is 3.58. The number of nitrogens with two attached hydrogens (primary N) is 1. The lowest BCUT2D eigenvalue weighted by Gasteiger charge is -2.09. The lowest BCUT2D eigenvalue weighted by Crippen LogP contribution is -2.26. The van der Waals surface area contributed by atoms with E-state index in [1.54, 1.807) is 12.1 Å². The molecule has 0 atom stereocenters. The molecule has 0 spiro atoms. The molecule has 20 heavy (non-hydrogen) atoms. The van der Waals surface area contributed by atoms with E-state index in [1.165, 1.54) is 0 Å². The Hall–Kier alpha value is -1.62. The highest BCUT2D eigenvalue weighted by atomic mass is 35.5. The van der Waals surface area contributed by atoms with Crippen LogP contribution in [0.1, 0.15) is 11.1 Å². The molecule has 0 radical (unpaired) electrons. The van der Waals surface area contributed by atoms with Crippen LogP contribution in [0.4, 0.5) is 0 Å². The molecule has 0 saturated heterocycles. The smallest absolute Gasteiger partial charge is 0.184 e. The lowest BCUT2D eigenvalue weighted by atomic mass is 10.0. The standard InChI is InChI=1S/C14H11Cl2N3S/c15-11-7-6-10(8-12(11)16)13(18-19-14(17)20)9-4-2-1-3-5-9/h1-8H,(H3,17,19,20)/b18-13+. The molecule has 0 amide bonds. The Morgan fingerprint density at radius 3 is 2.30 bits per heavy atom. The van der Waals surface area contributed by atoms with Crippen molar-refractivity contribution in [3.8, 4) is 0 Å². The van der Waals surface area contributed by atoms with Crippen LogP contribution in [0.3, 0.4) is 0 Å². The summed E-state index contributed by atoms with van der Waals surface area (Å²) in [6.45, 7) is 0. The van der Waals surface area contributed by atoms with Crippen molar-refractivity contribution in [1.29, 1.82) is 0 Å². The highest BCUT2D eigenvalue weighted by molar-refractivity contribution is 7.80. The average molecular weight is 324 g/mol. The van der Waals surface area contributed by atoms with Gasteiger partial charge in [0.25, 0.3) is 0 Å². The summed E-state index contributed by atoms with van der Waals surface area (Å²) in [5.41, 5.74) is 10.4. The van der Waals surface area contributed by atoms with Gasteiger partial charge in [-0.1, -0.05) is 59.6 Å². The number of hydrogen-bond acceptors (Lipinski definition) is 2. The van der Waals surface area contributed by atoms with Gasteiger partial charge in [0.2, 0.25) is 0 Å². The minimum Gasteiger partial charge on any atom is -0.375 e.